The van der Waals surface area contributed by atoms with Gasteiger partial charge in [0.25, 0.3) is 0 Å². The molecule has 2 aliphatic heterocycles. The highest BCUT2D eigenvalue weighted by molar-refractivity contribution is 6.51. The van der Waals surface area contributed by atoms with Crippen LogP contribution in [0, 0.1) is 13.8 Å². The molecule has 8 heteroatoms. The molecule has 1 atom stereocenters. The summed E-state index contributed by atoms with van der Waals surface area (Å²) < 4.78 is 7.23. The quantitative estimate of drug-likeness (QED) is 0.256. The molecular formula is C33H28N6O2. The van der Waals surface area contributed by atoms with E-state index in [0.29, 0.717) is 17.5 Å². The Bertz CT molecular complexity index is 1840. The fourth-order valence-corrected chi connectivity index (χ4v) is 5.49. The number of nitrogens with one attached hydrogen (secondary N) is 1. The summed E-state index contributed by atoms with van der Waals surface area (Å²) in [5.41, 5.74) is 7.14. The third kappa shape index (κ3) is 4.12. The summed E-state index contributed by atoms with van der Waals surface area (Å²) in [6.07, 6.45) is 0. The number of hydrogen-bond donors (Lipinski definition) is 2. The van der Waals surface area contributed by atoms with E-state index >= 15 is 0 Å². The Balaban J connectivity index is 1.48. The number of hydrogen-bond acceptors (Lipinski definition) is 7. The van der Waals surface area contributed by atoms with Gasteiger partial charge < -0.3 is 20.1 Å². The maximum atomic E-state index is 11.2. The van der Waals surface area contributed by atoms with Gasteiger partial charge in [-0.25, -0.2) is 14.7 Å². The van der Waals surface area contributed by atoms with Crippen LogP contribution in [0.3, 0.4) is 0 Å². The molecule has 41 heavy (non-hydrogen) atoms. The van der Waals surface area contributed by atoms with Gasteiger partial charge in [0, 0.05) is 16.8 Å². The van der Waals surface area contributed by atoms with E-state index < -0.39 is 6.04 Å². The highest BCUT2D eigenvalue weighted by Crippen LogP contribution is 2.49. The standard InChI is InChI=1S/C33H28N6O2/c1-20-12-16-23(17-13-20)39-32-29(21(2)37-39)30(25-8-4-7-11-28(25)40)38-27-10-6-5-9-26(27)35-31(33(38)36-32)34-22-14-18-24(41-3)19-15-22/h4-19,30,40H,1-3H3,(H,34,35). The number of aromatic hydroxyl groups is 1. The second-order valence-electron chi connectivity index (χ2n) is 10.1. The monoisotopic (exact) mass is 540 g/mol. The van der Waals surface area contributed by atoms with Crippen molar-refractivity contribution in [2.24, 2.45) is 9.98 Å². The summed E-state index contributed by atoms with van der Waals surface area (Å²) in [5, 5.41) is 19.6. The Morgan fingerprint density at radius 3 is 2.32 bits per heavy atom. The molecule has 3 heterocycles. The Morgan fingerprint density at radius 1 is 0.829 bits per heavy atom. The number of phenols is 1. The van der Waals surface area contributed by atoms with Crippen LogP contribution < -0.4 is 15.0 Å². The molecule has 0 spiro atoms. The molecule has 1 aromatic heterocycles. The number of ether oxygens (including phenoxy) is 1. The minimum Gasteiger partial charge on any atom is -0.508 e. The van der Waals surface area contributed by atoms with Crippen molar-refractivity contribution in [3.63, 3.8) is 0 Å². The summed E-state index contributed by atoms with van der Waals surface area (Å²) in [6, 6.07) is 31.0. The van der Waals surface area contributed by atoms with Crippen molar-refractivity contribution in [1.29, 1.82) is 0 Å². The van der Waals surface area contributed by atoms with Crippen molar-refractivity contribution in [1.82, 2.24) is 9.78 Å². The average molecular weight is 541 g/mol. The van der Waals surface area contributed by atoms with Crippen LogP contribution in [0.15, 0.2) is 107 Å². The number of aromatic nitrogens is 2. The highest BCUT2D eigenvalue weighted by atomic mass is 16.5. The molecule has 4 aromatic carbocycles. The normalized spacial score (nSPS) is 15.3. The number of phenolic OH excluding ortho intramolecular Hbond substituents is 1. The van der Waals surface area contributed by atoms with E-state index in [-0.39, 0.29) is 5.75 Å². The molecule has 1 unspecified atom stereocenters. The number of anilines is 2. The zero-order valence-corrected chi connectivity index (χ0v) is 22.9. The van der Waals surface area contributed by atoms with Crippen LogP contribution in [0.25, 0.3) is 5.69 Å². The maximum absolute atomic E-state index is 11.2. The van der Waals surface area contributed by atoms with Crippen molar-refractivity contribution in [3.05, 3.63) is 119 Å². The van der Waals surface area contributed by atoms with E-state index in [9.17, 15) is 5.11 Å². The Morgan fingerprint density at radius 2 is 1.56 bits per heavy atom. The minimum atomic E-state index is -0.401. The Hall–Kier alpha value is -5.37. The second kappa shape index (κ2) is 9.67. The number of amidine groups is 2. The molecule has 0 saturated carbocycles. The van der Waals surface area contributed by atoms with Crippen molar-refractivity contribution >= 4 is 34.6 Å². The predicted molar refractivity (Wildman–Crippen MR) is 163 cm³/mol. The molecule has 0 bridgehead atoms. The summed E-state index contributed by atoms with van der Waals surface area (Å²) in [6.45, 7) is 4.06. The van der Waals surface area contributed by atoms with Crippen LogP contribution >= 0.6 is 0 Å². The lowest BCUT2D eigenvalue weighted by Gasteiger charge is -2.40. The number of rotatable bonds is 4. The molecule has 0 fully saturated rings. The lowest BCUT2D eigenvalue weighted by Crippen LogP contribution is -2.46. The fraction of sp³-hybridized carbons (Fsp3) is 0.121. The van der Waals surface area contributed by atoms with Crippen molar-refractivity contribution in [2.45, 2.75) is 19.9 Å². The molecule has 5 aromatic rings. The molecule has 2 aliphatic rings. The zero-order valence-electron chi connectivity index (χ0n) is 22.9. The van der Waals surface area contributed by atoms with Crippen LogP contribution in [0.2, 0.25) is 0 Å². The molecule has 8 nitrogen and oxygen atoms in total. The lowest BCUT2D eigenvalue weighted by atomic mass is 9.92. The third-order valence-corrected chi connectivity index (χ3v) is 7.50. The minimum absolute atomic E-state index is 0.205. The zero-order chi connectivity index (χ0) is 28.1. The van der Waals surface area contributed by atoms with E-state index in [1.807, 2.05) is 90.5 Å². The Kier molecular flexibility index (Phi) is 5.82. The topological polar surface area (TPSA) is 87.3 Å². The first-order chi connectivity index (χ1) is 20.0. The van der Waals surface area contributed by atoms with Gasteiger partial charge in [-0.2, -0.15) is 5.10 Å². The third-order valence-electron chi connectivity index (χ3n) is 7.50. The van der Waals surface area contributed by atoms with Gasteiger partial charge in [-0.3, -0.25) is 0 Å². The molecule has 0 radical (unpaired) electrons. The summed E-state index contributed by atoms with van der Waals surface area (Å²) in [4.78, 5) is 12.4. The van der Waals surface area contributed by atoms with Gasteiger partial charge in [-0.1, -0.05) is 48.0 Å². The largest absolute Gasteiger partial charge is 0.508 e. The van der Waals surface area contributed by atoms with E-state index in [1.54, 1.807) is 13.2 Å². The van der Waals surface area contributed by atoms with Crippen molar-refractivity contribution in [3.8, 4) is 17.2 Å². The first-order valence-electron chi connectivity index (χ1n) is 13.4. The van der Waals surface area contributed by atoms with E-state index in [2.05, 4.69) is 29.3 Å². The smallest absolute Gasteiger partial charge is 0.179 e. The van der Waals surface area contributed by atoms with Gasteiger partial charge in [0.2, 0.25) is 0 Å². The number of benzene rings is 4. The molecular weight excluding hydrogens is 512 g/mol. The summed E-state index contributed by atoms with van der Waals surface area (Å²) in [5.74, 6) is 2.90. The van der Waals surface area contributed by atoms with Gasteiger partial charge in [0.15, 0.2) is 17.5 Å². The van der Waals surface area contributed by atoms with E-state index in [4.69, 9.17) is 19.8 Å². The number of aryl methyl sites for hydroxylation is 2. The second-order valence-corrected chi connectivity index (χ2v) is 10.1. The van der Waals surface area contributed by atoms with Crippen molar-refractivity contribution < 1.29 is 9.84 Å². The van der Waals surface area contributed by atoms with Gasteiger partial charge in [-0.05, 0) is 68.4 Å². The van der Waals surface area contributed by atoms with Crippen LogP contribution in [0.1, 0.15) is 28.4 Å². The maximum Gasteiger partial charge on any atom is 0.179 e. The van der Waals surface area contributed by atoms with Crippen molar-refractivity contribution in [2.75, 3.05) is 17.3 Å². The molecule has 0 saturated heterocycles. The fourth-order valence-electron chi connectivity index (χ4n) is 5.49. The molecule has 2 N–H and O–H groups in total. The SMILES string of the molecule is COc1ccc(NC2=Nc3ccccc3N3C2=Nc2c(c(C)nn2-c2ccc(C)cc2)C3c2ccccc2O)cc1. The Labute approximate surface area is 237 Å². The summed E-state index contributed by atoms with van der Waals surface area (Å²) >= 11 is 0. The van der Waals surface area contributed by atoms with Crippen LogP contribution in [0.4, 0.5) is 22.9 Å². The number of aliphatic imine (C=N–C) groups is 2. The molecule has 0 amide bonds. The van der Waals surface area contributed by atoms with Gasteiger partial charge in [-0.15, -0.1) is 0 Å². The van der Waals surface area contributed by atoms with Crippen LogP contribution in [-0.4, -0.2) is 33.7 Å². The number of para-hydroxylation sites is 3. The number of methoxy groups -OCH3 is 1. The molecule has 202 valence electrons. The van der Waals surface area contributed by atoms with Crippen LogP contribution in [-0.2, 0) is 0 Å². The highest BCUT2D eigenvalue weighted by Gasteiger charge is 2.42. The van der Waals surface area contributed by atoms with Crippen LogP contribution in [0.5, 0.6) is 11.5 Å². The lowest BCUT2D eigenvalue weighted by molar-refractivity contribution is 0.415. The van der Waals surface area contributed by atoms with Gasteiger partial charge >= 0.3 is 0 Å². The first kappa shape index (κ1) is 24.7. The number of nitrogens with zero attached hydrogens (tertiary/aromatic N) is 5. The average Bonchev–Trinajstić information content (AvgIpc) is 3.33. The van der Waals surface area contributed by atoms with E-state index in [0.717, 1.165) is 50.9 Å². The molecule has 0 aliphatic carbocycles. The first-order valence-corrected chi connectivity index (χ1v) is 13.4. The number of fused-ring (bicyclic) bond motifs is 4. The van der Waals surface area contributed by atoms with Gasteiger partial charge in [0.1, 0.15) is 11.5 Å². The van der Waals surface area contributed by atoms with Gasteiger partial charge in [0.05, 0.1) is 35.9 Å². The predicted octanol–water partition coefficient (Wildman–Crippen LogP) is 7.00. The van der Waals surface area contributed by atoms with E-state index in [1.165, 1.54) is 0 Å². The summed E-state index contributed by atoms with van der Waals surface area (Å²) in [7, 11) is 1.65. The molecule has 7 rings (SSSR count).